The van der Waals surface area contributed by atoms with Gasteiger partial charge in [0.15, 0.2) is 0 Å². The predicted molar refractivity (Wildman–Crippen MR) is 178 cm³/mol. The molecule has 4 aromatic rings. The predicted octanol–water partition coefficient (Wildman–Crippen LogP) is 9.13. The lowest BCUT2D eigenvalue weighted by molar-refractivity contribution is 0.0676. The molecule has 2 aliphatic rings. The Bertz CT molecular complexity index is 1870. The zero-order chi connectivity index (χ0) is 31.0. The second-order valence-electron chi connectivity index (χ2n) is 11.1. The molecule has 10 heteroatoms. The zero-order valence-electron chi connectivity index (χ0n) is 23.6. The molecule has 4 aromatic carbocycles. The number of halogens is 3. The number of allylic oxidation sites excluding steroid dienone is 1. The van der Waals surface area contributed by atoms with Crippen molar-refractivity contribution in [3.63, 3.8) is 0 Å². The van der Waals surface area contributed by atoms with Gasteiger partial charge in [0.25, 0.3) is 15.9 Å². The normalized spacial score (nSPS) is 20.7. The lowest BCUT2D eigenvalue weighted by Crippen LogP contribution is -2.33. The second kappa shape index (κ2) is 12.4. The molecule has 6 nitrogen and oxygen atoms in total. The number of nitrogens with one attached hydrogen (secondary N) is 1. The van der Waals surface area contributed by atoms with Crippen molar-refractivity contribution in [2.75, 3.05) is 4.72 Å². The maximum atomic E-state index is 14.2. The third-order valence-corrected chi connectivity index (χ3v) is 10.0. The first kappa shape index (κ1) is 30.4. The lowest BCUT2D eigenvalue weighted by Gasteiger charge is -2.32. The molecular weight excluding hydrogens is 637 g/mol. The molecule has 1 heterocycles. The van der Waals surface area contributed by atoms with Crippen molar-refractivity contribution in [3.8, 4) is 0 Å². The van der Waals surface area contributed by atoms with Gasteiger partial charge in [-0.15, -0.1) is 0 Å². The smallest absolute Gasteiger partial charge is 0.274 e. The highest BCUT2D eigenvalue weighted by Gasteiger charge is 2.45. The largest absolute Gasteiger partial charge is 0.280 e. The number of hydrazone groups is 1. The monoisotopic (exact) mass is 663 g/mol. The van der Waals surface area contributed by atoms with Crippen molar-refractivity contribution >= 4 is 68.2 Å². The SMILES string of the molecule is C[C@@H]1C/C(=C\c2ccc(Cl)cc2)C2=NN(C(=O)c3cccc(S(=O)(=O)Nc4ccc(Cl)cc4)c3)[C@@H](c3ccc(Cl)cc3)[C@H]2C1. The Kier molecular flexibility index (Phi) is 8.57. The Morgan fingerprint density at radius 1 is 0.886 bits per heavy atom. The number of carbonyl (C=O) groups is 1. The molecule has 44 heavy (non-hydrogen) atoms. The highest BCUT2D eigenvalue weighted by atomic mass is 35.5. The molecule has 0 bridgehead atoms. The van der Waals surface area contributed by atoms with E-state index in [-0.39, 0.29) is 16.4 Å². The average Bonchev–Trinajstić information content (AvgIpc) is 3.39. The quantitative estimate of drug-likeness (QED) is 0.223. The van der Waals surface area contributed by atoms with Crippen LogP contribution in [0, 0.1) is 11.8 Å². The number of rotatable bonds is 6. The molecule has 1 aliphatic carbocycles. The molecule has 1 fully saturated rings. The van der Waals surface area contributed by atoms with Crippen molar-refractivity contribution in [2.24, 2.45) is 16.9 Å². The van der Waals surface area contributed by atoms with Gasteiger partial charge in [0.1, 0.15) is 0 Å². The number of fused-ring (bicyclic) bond motifs is 1. The van der Waals surface area contributed by atoms with Gasteiger partial charge >= 0.3 is 0 Å². The third kappa shape index (κ3) is 6.42. The number of sulfonamides is 1. The number of anilines is 1. The first-order valence-electron chi connectivity index (χ1n) is 14.1. The van der Waals surface area contributed by atoms with Crippen LogP contribution in [0.5, 0.6) is 0 Å². The summed E-state index contributed by atoms with van der Waals surface area (Å²) >= 11 is 18.3. The minimum Gasteiger partial charge on any atom is -0.280 e. The van der Waals surface area contributed by atoms with Gasteiger partial charge in [0, 0.05) is 32.2 Å². The molecule has 1 N–H and O–H groups in total. The molecule has 0 radical (unpaired) electrons. The first-order valence-corrected chi connectivity index (χ1v) is 16.7. The van der Waals surface area contributed by atoms with E-state index in [1.807, 2.05) is 48.5 Å². The maximum absolute atomic E-state index is 14.2. The van der Waals surface area contributed by atoms with Crippen LogP contribution in [0.1, 0.15) is 47.3 Å². The van der Waals surface area contributed by atoms with Gasteiger partial charge in [-0.3, -0.25) is 9.52 Å². The molecule has 0 aromatic heterocycles. The Labute approximate surface area is 272 Å². The van der Waals surface area contributed by atoms with Crippen LogP contribution in [-0.2, 0) is 10.0 Å². The molecule has 224 valence electrons. The van der Waals surface area contributed by atoms with E-state index in [4.69, 9.17) is 39.9 Å². The fourth-order valence-electron chi connectivity index (χ4n) is 5.87. The van der Waals surface area contributed by atoms with Crippen LogP contribution < -0.4 is 4.72 Å². The van der Waals surface area contributed by atoms with Gasteiger partial charge in [-0.2, -0.15) is 5.10 Å². The molecule has 1 saturated carbocycles. The molecule has 0 unspecified atom stereocenters. The van der Waals surface area contributed by atoms with Crippen LogP contribution in [-0.4, -0.2) is 25.0 Å². The standard InChI is InChI=1S/C34H28Cl3N3O3S/c1-21-17-25(19-22-5-9-26(35)10-6-22)32-31(18-21)33(23-7-11-27(36)12-8-23)40(38-32)34(41)24-3-2-4-30(20-24)44(42,43)39-29-15-13-28(37)14-16-29/h2-16,19-21,31,33,39H,17-18H2,1H3/b25-19+/t21-,31+,33+/m1/s1. The fraction of sp³-hybridized carbons (Fsp3) is 0.176. The summed E-state index contributed by atoms with van der Waals surface area (Å²) in [5.74, 6) is -0.0930. The van der Waals surface area contributed by atoms with Crippen molar-refractivity contribution in [3.05, 3.63) is 134 Å². The minimum atomic E-state index is -3.98. The van der Waals surface area contributed by atoms with Gasteiger partial charge in [-0.05, 0) is 108 Å². The molecule has 1 aliphatic heterocycles. The number of benzene rings is 4. The summed E-state index contributed by atoms with van der Waals surface area (Å²) in [5.41, 5.74) is 4.40. The number of amides is 1. The first-order chi connectivity index (χ1) is 21.1. The van der Waals surface area contributed by atoms with Gasteiger partial charge in [-0.1, -0.05) is 72.1 Å². The van der Waals surface area contributed by atoms with E-state index in [2.05, 4.69) is 17.7 Å². The summed E-state index contributed by atoms with van der Waals surface area (Å²) < 4.78 is 29.1. The number of hydrogen-bond acceptors (Lipinski definition) is 4. The van der Waals surface area contributed by atoms with Crippen LogP contribution in [0.15, 0.2) is 113 Å². The lowest BCUT2D eigenvalue weighted by atomic mass is 9.73. The van der Waals surface area contributed by atoms with E-state index in [9.17, 15) is 13.2 Å². The average molecular weight is 665 g/mol. The molecule has 6 rings (SSSR count). The number of hydrogen-bond donors (Lipinski definition) is 1. The highest BCUT2D eigenvalue weighted by molar-refractivity contribution is 7.92. The van der Waals surface area contributed by atoms with Gasteiger partial charge in [0.2, 0.25) is 0 Å². The van der Waals surface area contributed by atoms with Crippen molar-refractivity contribution in [2.45, 2.75) is 30.7 Å². The van der Waals surface area contributed by atoms with Crippen molar-refractivity contribution in [1.29, 1.82) is 0 Å². The summed E-state index contributed by atoms with van der Waals surface area (Å²) in [6, 6.07) is 27.0. The van der Waals surface area contributed by atoms with E-state index in [1.165, 1.54) is 17.1 Å². The Hall–Kier alpha value is -3.62. The summed E-state index contributed by atoms with van der Waals surface area (Å²) in [5, 5.41) is 8.21. The van der Waals surface area contributed by atoms with Crippen LogP contribution in [0.3, 0.4) is 0 Å². The second-order valence-corrected chi connectivity index (χ2v) is 14.1. The molecule has 3 atom stereocenters. The summed E-state index contributed by atoms with van der Waals surface area (Å²) in [6.45, 7) is 2.21. The van der Waals surface area contributed by atoms with Crippen molar-refractivity contribution < 1.29 is 13.2 Å². The van der Waals surface area contributed by atoms with E-state index >= 15 is 0 Å². The summed E-state index contributed by atoms with van der Waals surface area (Å²) in [4.78, 5) is 14.2. The number of carbonyl (C=O) groups excluding carboxylic acids is 1. The van der Waals surface area contributed by atoms with Gasteiger partial charge in [0.05, 0.1) is 16.6 Å². The summed E-state index contributed by atoms with van der Waals surface area (Å²) in [6.07, 6.45) is 3.77. The van der Waals surface area contributed by atoms with E-state index in [0.29, 0.717) is 26.7 Å². The molecule has 1 amide bonds. The topological polar surface area (TPSA) is 78.8 Å². The van der Waals surface area contributed by atoms with E-state index in [0.717, 1.165) is 35.3 Å². The molecule has 0 spiro atoms. The van der Waals surface area contributed by atoms with Gasteiger partial charge in [-0.25, -0.2) is 13.4 Å². The Morgan fingerprint density at radius 2 is 1.50 bits per heavy atom. The van der Waals surface area contributed by atoms with Gasteiger partial charge < -0.3 is 0 Å². The van der Waals surface area contributed by atoms with E-state index in [1.54, 1.807) is 36.4 Å². The third-order valence-electron chi connectivity index (χ3n) is 7.88. The summed E-state index contributed by atoms with van der Waals surface area (Å²) in [7, 11) is -3.98. The van der Waals surface area contributed by atoms with Crippen molar-refractivity contribution in [1.82, 2.24) is 5.01 Å². The van der Waals surface area contributed by atoms with Crippen LogP contribution in [0.2, 0.25) is 15.1 Å². The Morgan fingerprint density at radius 3 is 2.16 bits per heavy atom. The molecule has 0 saturated heterocycles. The van der Waals surface area contributed by atoms with Crippen LogP contribution in [0.4, 0.5) is 5.69 Å². The van der Waals surface area contributed by atoms with Crippen LogP contribution >= 0.6 is 34.8 Å². The Balaban J connectivity index is 1.38. The maximum Gasteiger partial charge on any atom is 0.274 e. The van der Waals surface area contributed by atoms with Crippen LogP contribution in [0.25, 0.3) is 6.08 Å². The van der Waals surface area contributed by atoms with E-state index < -0.39 is 22.0 Å². The highest BCUT2D eigenvalue weighted by Crippen LogP contribution is 2.46. The molecular formula is C34H28Cl3N3O3S. The number of nitrogens with zero attached hydrogens (tertiary/aromatic N) is 2. The zero-order valence-corrected chi connectivity index (χ0v) is 26.7. The minimum absolute atomic E-state index is 0.0393. The fourth-order valence-corrected chi connectivity index (χ4v) is 7.35.